The van der Waals surface area contributed by atoms with Crippen LogP contribution in [0, 0.1) is 11.3 Å². The number of anilines is 1. The van der Waals surface area contributed by atoms with Crippen molar-refractivity contribution in [2.24, 2.45) is 0 Å². The number of aromatic carboxylic acids is 1. The molecular formula is C27H31N3O4. The first-order valence-corrected chi connectivity index (χ1v) is 11.9. The van der Waals surface area contributed by atoms with Gasteiger partial charge >= 0.3 is 5.97 Å². The van der Waals surface area contributed by atoms with Gasteiger partial charge in [-0.3, -0.25) is 9.69 Å². The molecule has 34 heavy (non-hydrogen) atoms. The van der Waals surface area contributed by atoms with Gasteiger partial charge in [-0.15, -0.1) is 0 Å². The monoisotopic (exact) mass is 461 g/mol. The van der Waals surface area contributed by atoms with Crippen molar-refractivity contribution < 1.29 is 19.4 Å². The van der Waals surface area contributed by atoms with E-state index in [1.54, 1.807) is 23.1 Å². The fraction of sp³-hybridized carbons (Fsp3) is 0.444. The first kappa shape index (κ1) is 23.8. The highest BCUT2D eigenvalue weighted by Gasteiger charge is 2.50. The van der Waals surface area contributed by atoms with Crippen LogP contribution in [0.3, 0.4) is 0 Å². The van der Waals surface area contributed by atoms with E-state index >= 15 is 0 Å². The lowest BCUT2D eigenvalue weighted by molar-refractivity contribution is -0.124. The lowest BCUT2D eigenvalue weighted by Crippen LogP contribution is -2.48. The molecule has 178 valence electrons. The van der Waals surface area contributed by atoms with Crippen LogP contribution < -0.4 is 9.64 Å². The van der Waals surface area contributed by atoms with Gasteiger partial charge in [0.1, 0.15) is 12.4 Å². The molecule has 7 nitrogen and oxygen atoms in total. The number of nitriles is 1. The Morgan fingerprint density at radius 2 is 1.97 bits per heavy atom. The largest absolute Gasteiger partial charge is 0.492 e. The van der Waals surface area contributed by atoms with Gasteiger partial charge in [0.15, 0.2) is 0 Å². The first-order valence-electron chi connectivity index (χ1n) is 11.9. The third-order valence-corrected chi connectivity index (χ3v) is 7.21. The lowest BCUT2D eigenvalue weighted by Gasteiger charge is -2.38. The molecule has 2 aliphatic rings. The molecule has 0 unspecified atom stereocenters. The molecule has 7 heteroatoms. The van der Waals surface area contributed by atoms with E-state index in [0.29, 0.717) is 36.3 Å². The number of rotatable bonds is 8. The van der Waals surface area contributed by atoms with E-state index in [9.17, 15) is 20.0 Å². The van der Waals surface area contributed by atoms with Crippen LogP contribution in [0.25, 0.3) is 0 Å². The van der Waals surface area contributed by atoms with Gasteiger partial charge in [-0.1, -0.05) is 13.3 Å². The van der Waals surface area contributed by atoms with Crippen molar-refractivity contribution in [3.63, 3.8) is 0 Å². The minimum atomic E-state index is -0.907. The number of amides is 1. The third-order valence-electron chi connectivity index (χ3n) is 7.21. The Balaban J connectivity index is 1.37. The number of nitrogens with zero attached hydrogens (tertiary/aromatic N) is 3. The summed E-state index contributed by atoms with van der Waals surface area (Å²) in [7, 11) is 1.81. The predicted octanol–water partition coefficient (Wildman–Crippen LogP) is 3.99. The second-order valence-corrected chi connectivity index (χ2v) is 9.21. The predicted molar refractivity (Wildman–Crippen MR) is 129 cm³/mol. The minimum Gasteiger partial charge on any atom is -0.492 e. The molecule has 2 aliphatic heterocycles. The Morgan fingerprint density at radius 3 is 2.65 bits per heavy atom. The van der Waals surface area contributed by atoms with Gasteiger partial charge in [0.25, 0.3) is 0 Å². The standard InChI is InChI=1S/C27H31N3O4/c1-3-4-5-20-17-21(7-8-22(20)25(31)32)34-15-14-30-12-10-27(11-13-30)23-16-19(18-28)6-9-24(23)29(2)26(27)33/h6-9,16-17H,3-5,10-15H2,1-2H3,(H,31,32). The second-order valence-electron chi connectivity index (χ2n) is 9.21. The highest BCUT2D eigenvalue weighted by atomic mass is 16.5. The van der Waals surface area contributed by atoms with Gasteiger partial charge < -0.3 is 14.7 Å². The summed E-state index contributed by atoms with van der Waals surface area (Å²) in [5.41, 5.74) is 3.08. The number of carbonyl (C=O) groups excluding carboxylic acids is 1. The molecule has 2 heterocycles. The summed E-state index contributed by atoms with van der Waals surface area (Å²) in [5, 5.41) is 18.7. The summed E-state index contributed by atoms with van der Waals surface area (Å²) in [4.78, 5) is 28.7. The maximum Gasteiger partial charge on any atom is 0.335 e. The van der Waals surface area contributed by atoms with Gasteiger partial charge in [-0.2, -0.15) is 5.26 Å². The van der Waals surface area contributed by atoms with Crippen LogP contribution in [-0.2, 0) is 16.6 Å². The Labute approximate surface area is 200 Å². The van der Waals surface area contributed by atoms with Gasteiger partial charge in [-0.25, -0.2) is 4.79 Å². The summed E-state index contributed by atoms with van der Waals surface area (Å²) in [6, 6.07) is 12.9. The number of carboxylic acids is 1. The molecule has 1 amide bonds. The van der Waals surface area contributed by atoms with E-state index in [2.05, 4.69) is 17.9 Å². The third kappa shape index (κ3) is 4.38. The van der Waals surface area contributed by atoms with Crippen LogP contribution in [0.1, 0.15) is 59.7 Å². The van der Waals surface area contributed by atoms with E-state index in [-0.39, 0.29) is 5.91 Å². The number of likely N-dealkylation sites (tertiary alicyclic amines) is 1. The Kier molecular flexibility index (Phi) is 6.90. The molecular weight excluding hydrogens is 430 g/mol. The fourth-order valence-electron chi connectivity index (χ4n) is 5.20. The molecule has 0 saturated carbocycles. The number of aryl methyl sites for hydroxylation is 1. The number of fused-ring (bicyclic) bond motifs is 2. The zero-order valence-corrected chi connectivity index (χ0v) is 19.8. The maximum absolute atomic E-state index is 13.2. The first-order chi connectivity index (χ1) is 16.4. The normalized spacial score (nSPS) is 17.0. The summed E-state index contributed by atoms with van der Waals surface area (Å²) < 4.78 is 5.96. The van der Waals surface area contributed by atoms with E-state index in [0.717, 1.165) is 55.7 Å². The number of carbonyl (C=O) groups is 2. The SMILES string of the molecule is CCCCc1cc(OCCN2CCC3(CC2)C(=O)N(C)c2ccc(C#N)cc23)ccc1C(=O)O. The van der Waals surface area contributed by atoms with Gasteiger partial charge in [0.2, 0.25) is 5.91 Å². The molecule has 0 radical (unpaired) electrons. The molecule has 0 atom stereocenters. The van der Waals surface area contributed by atoms with Crippen molar-refractivity contribution in [3.8, 4) is 11.8 Å². The van der Waals surface area contributed by atoms with Gasteiger partial charge in [0, 0.05) is 19.3 Å². The van der Waals surface area contributed by atoms with Crippen LogP contribution in [0.15, 0.2) is 36.4 Å². The Hall–Kier alpha value is -3.37. The summed E-state index contributed by atoms with van der Waals surface area (Å²) >= 11 is 0. The van der Waals surface area contributed by atoms with Crippen LogP contribution in [-0.4, -0.2) is 55.2 Å². The number of hydrogen-bond donors (Lipinski definition) is 1. The molecule has 1 saturated heterocycles. The number of unbranched alkanes of at least 4 members (excludes halogenated alkanes) is 1. The molecule has 2 aromatic rings. The van der Waals surface area contributed by atoms with Crippen molar-refractivity contribution in [2.75, 3.05) is 38.2 Å². The average molecular weight is 462 g/mol. The number of hydrogen-bond acceptors (Lipinski definition) is 5. The smallest absolute Gasteiger partial charge is 0.335 e. The number of benzene rings is 2. The summed E-state index contributed by atoms with van der Waals surface area (Å²) in [6.07, 6.45) is 4.09. The zero-order chi connectivity index (χ0) is 24.3. The molecule has 0 aliphatic carbocycles. The average Bonchev–Trinajstić information content (AvgIpc) is 3.05. The molecule has 2 aromatic carbocycles. The topological polar surface area (TPSA) is 93.9 Å². The molecule has 1 fully saturated rings. The van der Waals surface area contributed by atoms with E-state index in [1.807, 2.05) is 25.2 Å². The van der Waals surface area contributed by atoms with Crippen LogP contribution >= 0.6 is 0 Å². The Bertz CT molecular complexity index is 1130. The van der Waals surface area contributed by atoms with Crippen molar-refractivity contribution in [1.29, 1.82) is 5.26 Å². The van der Waals surface area contributed by atoms with Crippen molar-refractivity contribution >= 4 is 17.6 Å². The Morgan fingerprint density at radius 1 is 1.21 bits per heavy atom. The maximum atomic E-state index is 13.2. The number of piperidine rings is 1. The molecule has 4 rings (SSSR count). The second kappa shape index (κ2) is 9.86. The highest BCUT2D eigenvalue weighted by Crippen LogP contribution is 2.47. The molecule has 0 bridgehead atoms. The minimum absolute atomic E-state index is 0.117. The van der Waals surface area contributed by atoms with Crippen LogP contribution in [0.4, 0.5) is 5.69 Å². The fourth-order valence-corrected chi connectivity index (χ4v) is 5.20. The van der Waals surface area contributed by atoms with Gasteiger partial charge in [0.05, 0.1) is 22.6 Å². The van der Waals surface area contributed by atoms with E-state index in [1.165, 1.54) is 0 Å². The van der Waals surface area contributed by atoms with Crippen LogP contribution in [0.2, 0.25) is 0 Å². The summed E-state index contributed by atoms with van der Waals surface area (Å²) in [5.74, 6) is -0.0998. The van der Waals surface area contributed by atoms with Crippen molar-refractivity contribution in [2.45, 2.75) is 44.4 Å². The highest BCUT2D eigenvalue weighted by molar-refractivity contribution is 6.08. The van der Waals surface area contributed by atoms with Crippen molar-refractivity contribution in [3.05, 3.63) is 58.7 Å². The number of likely N-dealkylation sites (N-methyl/N-ethyl adjacent to an activating group) is 1. The molecule has 0 aromatic heterocycles. The number of carboxylic acid groups (broad SMARTS) is 1. The molecule has 1 N–H and O–H groups in total. The van der Waals surface area contributed by atoms with Gasteiger partial charge in [-0.05, 0) is 86.3 Å². The number of ether oxygens (including phenoxy) is 1. The van der Waals surface area contributed by atoms with E-state index < -0.39 is 11.4 Å². The lowest BCUT2D eigenvalue weighted by atomic mass is 9.73. The summed E-state index contributed by atoms with van der Waals surface area (Å²) in [6.45, 7) is 4.87. The van der Waals surface area contributed by atoms with Crippen molar-refractivity contribution in [1.82, 2.24) is 4.90 Å². The van der Waals surface area contributed by atoms with Crippen LogP contribution in [0.5, 0.6) is 5.75 Å². The quantitative estimate of drug-likeness (QED) is 0.639. The zero-order valence-electron chi connectivity index (χ0n) is 19.8. The molecule has 1 spiro atoms. The van der Waals surface area contributed by atoms with E-state index in [4.69, 9.17) is 4.74 Å².